The monoisotopic (exact) mass is 278 g/mol. The predicted molar refractivity (Wildman–Crippen MR) is 78.3 cm³/mol. The number of Topliss-reactive ketones (excluding diaryl/α,β-unsaturated/α-hetero) is 1. The first-order valence-corrected chi connectivity index (χ1v) is 6.46. The Morgan fingerprint density at radius 3 is 2.35 bits per heavy atom. The van der Waals surface area contributed by atoms with Gasteiger partial charge in [0.25, 0.3) is 0 Å². The molecule has 0 fully saturated rings. The van der Waals surface area contributed by atoms with Crippen molar-refractivity contribution in [3.8, 4) is 0 Å². The molecule has 0 bridgehead atoms. The number of carboxylic acid groups (broad SMARTS) is 1. The first-order valence-electron chi connectivity index (χ1n) is 6.46. The van der Waals surface area contributed by atoms with Gasteiger partial charge in [-0.1, -0.05) is 37.8 Å². The molecular formula is C16H22O4. The van der Waals surface area contributed by atoms with Crippen molar-refractivity contribution in [3.63, 3.8) is 0 Å². The summed E-state index contributed by atoms with van der Waals surface area (Å²) in [5.41, 5.74) is 0.0921. The molecule has 1 N–H and O–H groups in total. The molecule has 0 aliphatic heterocycles. The van der Waals surface area contributed by atoms with E-state index in [0.717, 1.165) is 11.9 Å². The summed E-state index contributed by atoms with van der Waals surface area (Å²) in [6, 6.07) is 0. The van der Waals surface area contributed by atoms with Gasteiger partial charge in [-0.2, -0.15) is 0 Å². The minimum Gasteiger partial charge on any atom is -0.481 e. The topological polar surface area (TPSA) is 71.4 Å². The van der Waals surface area contributed by atoms with Crippen LogP contribution in [-0.2, 0) is 14.4 Å². The molecule has 110 valence electrons. The summed E-state index contributed by atoms with van der Waals surface area (Å²) in [5.74, 6) is -1.50. The Morgan fingerprint density at radius 1 is 1.30 bits per heavy atom. The van der Waals surface area contributed by atoms with Crippen molar-refractivity contribution < 1.29 is 19.5 Å². The Kier molecular flexibility index (Phi) is 7.44. The zero-order chi connectivity index (χ0) is 15.8. The van der Waals surface area contributed by atoms with Gasteiger partial charge < -0.3 is 9.90 Å². The van der Waals surface area contributed by atoms with Crippen LogP contribution in [0.5, 0.6) is 0 Å². The lowest BCUT2D eigenvalue weighted by Crippen LogP contribution is -2.16. The second kappa shape index (κ2) is 8.25. The molecule has 1 atom stereocenters. The maximum Gasteiger partial charge on any atom is 0.303 e. The van der Waals surface area contributed by atoms with Gasteiger partial charge in [0.2, 0.25) is 0 Å². The van der Waals surface area contributed by atoms with Crippen molar-refractivity contribution in [1.82, 2.24) is 0 Å². The van der Waals surface area contributed by atoms with Gasteiger partial charge in [0, 0.05) is 17.8 Å². The van der Waals surface area contributed by atoms with E-state index >= 15 is 0 Å². The lowest BCUT2D eigenvalue weighted by Gasteiger charge is -2.18. The van der Waals surface area contributed by atoms with Crippen LogP contribution >= 0.6 is 0 Å². The second-order valence-corrected chi connectivity index (χ2v) is 5.21. The zero-order valence-corrected chi connectivity index (χ0v) is 12.3. The summed E-state index contributed by atoms with van der Waals surface area (Å²) < 4.78 is 0. The average molecular weight is 278 g/mol. The minimum atomic E-state index is -0.983. The average Bonchev–Trinajstić information content (AvgIpc) is 2.39. The van der Waals surface area contributed by atoms with Gasteiger partial charge in [-0.25, -0.2) is 0 Å². The predicted octanol–water partition coefficient (Wildman–Crippen LogP) is 2.95. The van der Waals surface area contributed by atoms with Crippen LogP contribution in [0.25, 0.3) is 0 Å². The molecule has 0 aromatic heterocycles. The SMILES string of the molecule is C=C/C=C(\C=C/C(C)C(=O)CCC(=O)O)C(C)(C)C=O. The third-order valence-corrected chi connectivity index (χ3v) is 2.99. The van der Waals surface area contributed by atoms with Gasteiger partial charge >= 0.3 is 5.97 Å². The lowest BCUT2D eigenvalue weighted by atomic mass is 9.84. The van der Waals surface area contributed by atoms with E-state index in [2.05, 4.69) is 6.58 Å². The molecule has 0 saturated heterocycles. The molecule has 4 nitrogen and oxygen atoms in total. The Balaban J connectivity index is 4.84. The van der Waals surface area contributed by atoms with E-state index in [9.17, 15) is 14.4 Å². The van der Waals surface area contributed by atoms with E-state index in [1.165, 1.54) is 0 Å². The summed E-state index contributed by atoms with van der Waals surface area (Å²) in [6.45, 7) is 8.86. The normalized spacial score (nSPS) is 14.1. The highest BCUT2D eigenvalue weighted by Crippen LogP contribution is 2.25. The molecule has 4 heteroatoms. The van der Waals surface area contributed by atoms with Gasteiger partial charge in [0.05, 0.1) is 6.42 Å². The van der Waals surface area contributed by atoms with Crippen LogP contribution in [0.4, 0.5) is 0 Å². The number of hydrogen-bond acceptors (Lipinski definition) is 3. The van der Waals surface area contributed by atoms with Crippen LogP contribution in [0.1, 0.15) is 33.6 Å². The molecule has 0 radical (unpaired) electrons. The highest BCUT2D eigenvalue weighted by molar-refractivity contribution is 5.85. The molecule has 0 spiro atoms. The zero-order valence-electron chi connectivity index (χ0n) is 12.3. The van der Waals surface area contributed by atoms with Gasteiger partial charge in [0.1, 0.15) is 12.1 Å². The number of carbonyl (C=O) groups excluding carboxylic acids is 2. The van der Waals surface area contributed by atoms with E-state index in [-0.39, 0.29) is 24.5 Å². The standard InChI is InChI=1S/C16H22O4/c1-5-6-13(16(3,4)11-17)8-7-12(2)14(18)9-10-15(19)20/h5-8,11-12H,1,9-10H2,2-4H3,(H,19,20)/b8-7-,13-6+. The number of ketones is 1. The molecule has 20 heavy (non-hydrogen) atoms. The molecule has 0 aromatic rings. The first-order chi connectivity index (χ1) is 9.24. The van der Waals surface area contributed by atoms with Crippen LogP contribution in [0.15, 0.2) is 36.5 Å². The molecule has 1 unspecified atom stereocenters. The van der Waals surface area contributed by atoms with E-state index in [1.54, 1.807) is 45.1 Å². The van der Waals surface area contributed by atoms with Gasteiger partial charge in [-0.15, -0.1) is 0 Å². The number of carbonyl (C=O) groups is 3. The summed E-state index contributed by atoms with van der Waals surface area (Å²) in [4.78, 5) is 33.2. The van der Waals surface area contributed by atoms with E-state index in [4.69, 9.17) is 5.11 Å². The van der Waals surface area contributed by atoms with Crippen molar-refractivity contribution in [2.45, 2.75) is 33.6 Å². The summed E-state index contributed by atoms with van der Waals surface area (Å²) in [5, 5.41) is 8.54. The summed E-state index contributed by atoms with van der Waals surface area (Å²) in [7, 11) is 0. The number of hydrogen-bond donors (Lipinski definition) is 1. The van der Waals surface area contributed by atoms with Gasteiger partial charge in [-0.05, 0) is 19.4 Å². The van der Waals surface area contributed by atoms with Crippen molar-refractivity contribution in [1.29, 1.82) is 0 Å². The summed E-state index contributed by atoms with van der Waals surface area (Å²) >= 11 is 0. The minimum absolute atomic E-state index is 0.0123. The third-order valence-electron chi connectivity index (χ3n) is 2.99. The maximum atomic E-state index is 11.7. The number of rotatable bonds is 9. The fourth-order valence-electron chi connectivity index (χ4n) is 1.49. The molecular weight excluding hydrogens is 256 g/mol. The molecule has 0 aliphatic rings. The van der Waals surface area contributed by atoms with E-state index in [0.29, 0.717) is 0 Å². The largest absolute Gasteiger partial charge is 0.481 e. The van der Waals surface area contributed by atoms with Crippen molar-refractivity contribution in [2.24, 2.45) is 11.3 Å². The number of carboxylic acids is 1. The van der Waals surface area contributed by atoms with Crippen LogP contribution in [0.2, 0.25) is 0 Å². The van der Waals surface area contributed by atoms with E-state index in [1.807, 2.05) is 0 Å². The summed E-state index contributed by atoms with van der Waals surface area (Å²) in [6.07, 6.45) is 7.40. The fraction of sp³-hybridized carbons (Fsp3) is 0.438. The maximum absolute atomic E-state index is 11.7. The van der Waals surface area contributed by atoms with Gasteiger partial charge in [-0.3, -0.25) is 9.59 Å². The van der Waals surface area contributed by atoms with Crippen molar-refractivity contribution in [3.05, 3.63) is 36.5 Å². The third kappa shape index (κ3) is 6.27. The molecule has 0 aromatic carbocycles. The number of allylic oxidation sites excluding steroid dienone is 5. The molecule has 0 saturated carbocycles. The quantitative estimate of drug-likeness (QED) is 0.520. The Morgan fingerprint density at radius 2 is 1.90 bits per heavy atom. The molecule has 0 aliphatic carbocycles. The van der Waals surface area contributed by atoms with Crippen LogP contribution < -0.4 is 0 Å². The van der Waals surface area contributed by atoms with E-state index < -0.39 is 11.4 Å². The van der Waals surface area contributed by atoms with Crippen LogP contribution in [0, 0.1) is 11.3 Å². The van der Waals surface area contributed by atoms with Crippen molar-refractivity contribution in [2.75, 3.05) is 0 Å². The Bertz CT molecular complexity index is 441. The molecule has 0 amide bonds. The van der Waals surface area contributed by atoms with Crippen LogP contribution in [-0.4, -0.2) is 23.1 Å². The molecule has 0 heterocycles. The highest BCUT2D eigenvalue weighted by atomic mass is 16.4. The van der Waals surface area contributed by atoms with Gasteiger partial charge in [0.15, 0.2) is 0 Å². The first kappa shape index (κ1) is 18.0. The fourth-order valence-corrected chi connectivity index (χ4v) is 1.49. The van der Waals surface area contributed by atoms with Crippen LogP contribution in [0.3, 0.4) is 0 Å². The smallest absolute Gasteiger partial charge is 0.303 e. The number of aldehydes is 1. The van der Waals surface area contributed by atoms with Crippen molar-refractivity contribution >= 4 is 18.0 Å². The highest BCUT2D eigenvalue weighted by Gasteiger charge is 2.20. The Hall–Kier alpha value is -1.97. The second-order valence-electron chi connectivity index (χ2n) is 5.21. The lowest BCUT2D eigenvalue weighted by molar-refractivity contribution is -0.138. The number of aliphatic carboxylic acids is 1. The Labute approximate surface area is 119 Å². The molecule has 0 rings (SSSR count).